The number of anilines is 1. The average Bonchev–Trinajstić information content (AvgIpc) is 2.59. The van der Waals surface area contributed by atoms with Gasteiger partial charge in [-0.2, -0.15) is 0 Å². The van der Waals surface area contributed by atoms with Crippen LogP contribution in [0, 0.1) is 5.41 Å². The summed E-state index contributed by atoms with van der Waals surface area (Å²) in [5, 5.41) is 5.49. The third-order valence-electron chi connectivity index (χ3n) is 3.25. The van der Waals surface area contributed by atoms with E-state index in [-0.39, 0.29) is 19.1 Å². The Hall–Kier alpha value is -2.57. The normalized spacial score (nSPS) is 11.2. The van der Waals surface area contributed by atoms with Crippen molar-refractivity contribution in [3.8, 4) is 5.75 Å². The number of methoxy groups -OCH3 is 1. The Morgan fingerprint density at radius 1 is 1.32 bits per heavy atom. The summed E-state index contributed by atoms with van der Waals surface area (Å²) in [6, 6.07) is 4.63. The minimum absolute atomic E-state index is 0.0155. The topological polar surface area (TPSA) is 76.7 Å². The summed E-state index contributed by atoms with van der Waals surface area (Å²) in [7, 11) is 1.44. The Bertz CT molecular complexity index is 630. The number of carbonyl (C=O) groups is 2. The Morgan fingerprint density at radius 3 is 2.64 bits per heavy atom. The molecule has 1 aromatic rings. The molecule has 25 heavy (non-hydrogen) atoms. The van der Waals surface area contributed by atoms with E-state index in [0.29, 0.717) is 17.0 Å². The molecule has 1 rings (SSSR count). The number of nitrogens with one attached hydrogen (secondary N) is 2. The zero-order valence-corrected chi connectivity index (χ0v) is 15.0. The highest BCUT2D eigenvalue weighted by Gasteiger charge is 2.14. The van der Waals surface area contributed by atoms with Crippen molar-refractivity contribution < 1.29 is 23.5 Å². The van der Waals surface area contributed by atoms with Crippen molar-refractivity contribution in [2.45, 2.75) is 20.8 Å². The van der Waals surface area contributed by atoms with Crippen LogP contribution in [-0.4, -0.2) is 38.8 Å². The highest BCUT2D eigenvalue weighted by atomic mass is 19.1. The summed E-state index contributed by atoms with van der Waals surface area (Å²) in [5.41, 5.74) is 0.205. The number of benzene rings is 1. The molecule has 0 bridgehead atoms. The van der Waals surface area contributed by atoms with Gasteiger partial charge in [-0.05, 0) is 31.3 Å². The smallest absolute Gasteiger partial charge is 0.338 e. The number of halogens is 1. The van der Waals surface area contributed by atoms with Crippen LogP contribution in [0.3, 0.4) is 0 Å². The standard InChI is InChI=1S/C18H25FN2O4/c1-5-25-17(23)13-6-7-14(15(10-13)24-4)21-16(22)11-20-9-8-18(2,3)12-19/h6-10,20H,5,11-12H2,1-4H3,(H,21,22)/b9-8+. The summed E-state index contributed by atoms with van der Waals surface area (Å²) < 4.78 is 22.8. The van der Waals surface area contributed by atoms with Gasteiger partial charge in [0.2, 0.25) is 5.91 Å². The molecule has 1 amide bonds. The largest absolute Gasteiger partial charge is 0.495 e. The molecule has 0 aliphatic rings. The van der Waals surface area contributed by atoms with Crippen molar-refractivity contribution in [2.24, 2.45) is 5.41 Å². The first kappa shape index (κ1) is 20.5. The number of allylic oxidation sites excluding steroid dienone is 1. The average molecular weight is 352 g/mol. The zero-order valence-electron chi connectivity index (χ0n) is 15.0. The van der Waals surface area contributed by atoms with E-state index in [2.05, 4.69) is 10.6 Å². The van der Waals surface area contributed by atoms with Crippen LogP contribution in [0.15, 0.2) is 30.5 Å². The lowest BCUT2D eigenvalue weighted by atomic mass is 9.96. The SMILES string of the molecule is CCOC(=O)c1ccc(NC(=O)CN/C=C/C(C)(C)CF)c(OC)c1. The van der Waals surface area contributed by atoms with E-state index in [4.69, 9.17) is 9.47 Å². The van der Waals surface area contributed by atoms with Crippen molar-refractivity contribution in [3.63, 3.8) is 0 Å². The first-order valence-electron chi connectivity index (χ1n) is 7.95. The van der Waals surface area contributed by atoms with Crippen LogP contribution in [0.2, 0.25) is 0 Å². The number of amides is 1. The second kappa shape index (κ2) is 9.66. The van der Waals surface area contributed by atoms with Gasteiger partial charge in [-0.25, -0.2) is 4.79 Å². The van der Waals surface area contributed by atoms with Gasteiger partial charge in [0.05, 0.1) is 38.2 Å². The third kappa shape index (κ3) is 6.82. The Morgan fingerprint density at radius 2 is 2.04 bits per heavy atom. The lowest BCUT2D eigenvalue weighted by Crippen LogP contribution is -2.25. The van der Waals surface area contributed by atoms with Gasteiger partial charge >= 0.3 is 5.97 Å². The van der Waals surface area contributed by atoms with Crippen LogP contribution in [0.25, 0.3) is 0 Å². The molecule has 0 unspecified atom stereocenters. The minimum Gasteiger partial charge on any atom is -0.495 e. The van der Waals surface area contributed by atoms with Crippen molar-refractivity contribution in [1.82, 2.24) is 5.32 Å². The summed E-state index contributed by atoms with van der Waals surface area (Å²) in [5.74, 6) is -0.404. The molecule has 0 atom stereocenters. The summed E-state index contributed by atoms with van der Waals surface area (Å²) in [6.45, 7) is 5.03. The van der Waals surface area contributed by atoms with Gasteiger partial charge < -0.3 is 20.1 Å². The summed E-state index contributed by atoms with van der Waals surface area (Å²) in [4.78, 5) is 23.7. The van der Waals surface area contributed by atoms with Gasteiger partial charge in [0.15, 0.2) is 0 Å². The first-order chi connectivity index (χ1) is 11.8. The third-order valence-corrected chi connectivity index (χ3v) is 3.25. The molecule has 2 N–H and O–H groups in total. The van der Waals surface area contributed by atoms with Crippen molar-refractivity contribution in [3.05, 3.63) is 36.0 Å². The van der Waals surface area contributed by atoms with E-state index >= 15 is 0 Å². The maximum atomic E-state index is 12.7. The van der Waals surface area contributed by atoms with Crippen LogP contribution in [-0.2, 0) is 9.53 Å². The second-order valence-corrected chi connectivity index (χ2v) is 6.02. The number of hydrogen-bond acceptors (Lipinski definition) is 5. The molecule has 7 heteroatoms. The predicted octanol–water partition coefficient (Wildman–Crippen LogP) is 2.91. The number of carbonyl (C=O) groups excluding carboxylic acids is 2. The van der Waals surface area contributed by atoms with Crippen molar-refractivity contribution in [1.29, 1.82) is 0 Å². The molecular weight excluding hydrogens is 327 g/mol. The maximum Gasteiger partial charge on any atom is 0.338 e. The molecule has 0 fully saturated rings. The number of ether oxygens (including phenoxy) is 2. The quantitative estimate of drug-likeness (QED) is 0.668. The summed E-state index contributed by atoms with van der Waals surface area (Å²) in [6.07, 6.45) is 3.22. The molecule has 0 saturated heterocycles. The number of alkyl halides is 1. The van der Waals surface area contributed by atoms with Crippen LogP contribution in [0.5, 0.6) is 5.75 Å². The minimum atomic E-state index is -0.574. The molecule has 0 heterocycles. The Labute approximate surface area is 147 Å². The summed E-state index contributed by atoms with van der Waals surface area (Å²) >= 11 is 0. The van der Waals surface area contributed by atoms with E-state index in [0.717, 1.165) is 0 Å². The van der Waals surface area contributed by atoms with Crippen LogP contribution < -0.4 is 15.4 Å². The van der Waals surface area contributed by atoms with Crippen LogP contribution in [0.4, 0.5) is 10.1 Å². The molecule has 0 radical (unpaired) electrons. The van der Waals surface area contributed by atoms with E-state index in [9.17, 15) is 14.0 Å². The fraction of sp³-hybridized carbons (Fsp3) is 0.444. The fourth-order valence-corrected chi connectivity index (χ4v) is 1.81. The number of hydrogen-bond donors (Lipinski definition) is 2. The van der Waals surface area contributed by atoms with Gasteiger partial charge in [-0.1, -0.05) is 19.9 Å². The molecule has 6 nitrogen and oxygen atoms in total. The molecule has 0 aliphatic carbocycles. The molecule has 1 aromatic carbocycles. The first-order valence-corrected chi connectivity index (χ1v) is 7.95. The van der Waals surface area contributed by atoms with Crippen LogP contribution >= 0.6 is 0 Å². The van der Waals surface area contributed by atoms with Crippen LogP contribution in [0.1, 0.15) is 31.1 Å². The van der Waals surface area contributed by atoms with E-state index < -0.39 is 18.1 Å². The molecule has 0 aromatic heterocycles. The van der Waals surface area contributed by atoms with Gasteiger partial charge in [0.1, 0.15) is 5.75 Å². The molecule has 138 valence electrons. The predicted molar refractivity (Wildman–Crippen MR) is 94.5 cm³/mol. The lowest BCUT2D eigenvalue weighted by Gasteiger charge is -2.14. The Kier molecular flexibility index (Phi) is 7.91. The van der Waals surface area contributed by atoms with Gasteiger partial charge in [-0.15, -0.1) is 0 Å². The lowest BCUT2D eigenvalue weighted by molar-refractivity contribution is -0.115. The van der Waals surface area contributed by atoms with E-state index in [1.54, 1.807) is 45.2 Å². The number of rotatable bonds is 9. The van der Waals surface area contributed by atoms with E-state index in [1.807, 2.05) is 0 Å². The maximum absolute atomic E-state index is 12.7. The Balaban J connectivity index is 2.66. The molecular formula is C18H25FN2O4. The molecule has 0 spiro atoms. The van der Waals surface area contributed by atoms with Crippen molar-refractivity contribution in [2.75, 3.05) is 32.3 Å². The zero-order chi connectivity index (χ0) is 18.9. The molecule has 0 saturated carbocycles. The van der Waals surface area contributed by atoms with Gasteiger partial charge in [-0.3, -0.25) is 9.18 Å². The monoisotopic (exact) mass is 352 g/mol. The number of esters is 1. The van der Waals surface area contributed by atoms with Crippen molar-refractivity contribution >= 4 is 17.6 Å². The second-order valence-electron chi connectivity index (χ2n) is 6.02. The van der Waals surface area contributed by atoms with Gasteiger partial charge in [0.25, 0.3) is 0 Å². The highest BCUT2D eigenvalue weighted by Crippen LogP contribution is 2.26. The molecule has 0 aliphatic heterocycles. The fourth-order valence-electron chi connectivity index (χ4n) is 1.81. The van der Waals surface area contributed by atoms with Gasteiger partial charge in [0, 0.05) is 5.41 Å². The highest BCUT2D eigenvalue weighted by molar-refractivity contribution is 5.96. The van der Waals surface area contributed by atoms with E-state index in [1.165, 1.54) is 13.2 Å².